The first-order chi connectivity index (χ1) is 8.52. The summed E-state index contributed by atoms with van der Waals surface area (Å²) in [4.78, 5) is 12.6. The number of hydrogen-bond acceptors (Lipinski definition) is 3. The van der Waals surface area contributed by atoms with E-state index in [2.05, 4.69) is 11.8 Å². The van der Waals surface area contributed by atoms with Crippen LogP contribution in [-0.2, 0) is 11.2 Å². The topological polar surface area (TPSA) is 49.8 Å². The minimum absolute atomic E-state index is 0.184. The van der Waals surface area contributed by atoms with Crippen LogP contribution in [0.4, 0.5) is 0 Å². The van der Waals surface area contributed by atoms with Crippen LogP contribution in [0.15, 0.2) is 24.3 Å². The Hall–Kier alpha value is -1.55. The molecule has 1 aromatic rings. The minimum Gasteiger partial charge on any atom is -0.497 e. The van der Waals surface area contributed by atoms with Crippen molar-refractivity contribution in [3.05, 3.63) is 29.8 Å². The number of carboxylic acid groups (broad SMARTS) is 1. The predicted molar refractivity (Wildman–Crippen MR) is 71.0 cm³/mol. The molecule has 0 saturated heterocycles. The van der Waals surface area contributed by atoms with Gasteiger partial charge in [0.1, 0.15) is 5.75 Å². The maximum atomic E-state index is 10.5. The summed E-state index contributed by atoms with van der Waals surface area (Å²) >= 11 is 0. The third-order valence-electron chi connectivity index (χ3n) is 3.12. The van der Waals surface area contributed by atoms with Crippen LogP contribution in [0.2, 0.25) is 0 Å². The van der Waals surface area contributed by atoms with E-state index in [4.69, 9.17) is 9.84 Å². The number of carboxylic acids is 1. The lowest BCUT2D eigenvalue weighted by Crippen LogP contribution is -2.32. The molecule has 0 fully saturated rings. The summed E-state index contributed by atoms with van der Waals surface area (Å²) < 4.78 is 5.11. The van der Waals surface area contributed by atoms with E-state index >= 15 is 0 Å². The van der Waals surface area contributed by atoms with Gasteiger partial charge in [-0.3, -0.25) is 4.79 Å². The van der Waals surface area contributed by atoms with Crippen molar-refractivity contribution in [2.45, 2.75) is 25.8 Å². The van der Waals surface area contributed by atoms with E-state index < -0.39 is 5.97 Å². The van der Waals surface area contributed by atoms with Crippen molar-refractivity contribution in [2.75, 3.05) is 20.7 Å². The van der Waals surface area contributed by atoms with Crippen molar-refractivity contribution in [3.8, 4) is 5.75 Å². The molecule has 1 atom stereocenters. The van der Waals surface area contributed by atoms with Crippen molar-refractivity contribution < 1.29 is 14.6 Å². The zero-order valence-corrected chi connectivity index (χ0v) is 11.2. The SMILES string of the molecule is COc1ccc(CC(C)N(C)CCC(=O)O)cc1. The average Bonchev–Trinajstić information content (AvgIpc) is 2.36. The van der Waals surface area contributed by atoms with Gasteiger partial charge in [0, 0.05) is 12.6 Å². The van der Waals surface area contributed by atoms with Crippen LogP contribution in [0, 0.1) is 0 Å². The normalized spacial score (nSPS) is 12.4. The first-order valence-electron chi connectivity index (χ1n) is 6.08. The highest BCUT2D eigenvalue weighted by Gasteiger charge is 2.11. The van der Waals surface area contributed by atoms with Crippen molar-refractivity contribution >= 4 is 5.97 Å². The molecule has 0 aliphatic rings. The second kappa shape index (κ2) is 7.01. The average molecular weight is 251 g/mol. The fraction of sp³-hybridized carbons (Fsp3) is 0.500. The quantitative estimate of drug-likeness (QED) is 0.805. The first kappa shape index (κ1) is 14.5. The van der Waals surface area contributed by atoms with Crippen LogP contribution in [0.5, 0.6) is 5.75 Å². The second-order valence-electron chi connectivity index (χ2n) is 4.53. The van der Waals surface area contributed by atoms with Gasteiger partial charge in [-0.25, -0.2) is 0 Å². The van der Waals surface area contributed by atoms with E-state index in [-0.39, 0.29) is 6.42 Å². The summed E-state index contributed by atoms with van der Waals surface area (Å²) in [5.74, 6) is 0.101. The number of carbonyl (C=O) groups is 1. The maximum Gasteiger partial charge on any atom is 0.304 e. The number of benzene rings is 1. The van der Waals surface area contributed by atoms with Crippen LogP contribution in [0.25, 0.3) is 0 Å². The highest BCUT2D eigenvalue weighted by atomic mass is 16.5. The molecule has 0 saturated carbocycles. The molecule has 4 heteroatoms. The summed E-state index contributed by atoms with van der Waals surface area (Å²) in [6.07, 6.45) is 1.09. The van der Waals surface area contributed by atoms with Crippen LogP contribution in [0.3, 0.4) is 0 Å². The Morgan fingerprint density at radius 3 is 2.50 bits per heavy atom. The number of ether oxygens (including phenoxy) is 1. The Bertz CT molecular complexity index is 375. The van der Waals surface area contributed by atoms with Gasteiger partial charge < -0.3 is 14.7 Å². The lowest BCUT2D eigenvalue weighted by atomic mass is 10.1. The molecule has 0 radical (unpaired) electrons. The predicted octanol–water partition coefficient (Wildman–Crippen LogP) is 2.03. The zero-order valence-electron chi connectivity index (χ0n) is 11.2. The van der Waals surface area contributed by atoms with Crippen LogP contribution in [-0.4, -0.2) is 42.7 Å². The third-order valence-corrected chi connectivity index (χ3v) is 3.12. The number of rotatable bonds is 7. The molecule has 0 heterocycles. The summed E-state index contributed by atoms with van der Waals surface area (Å²) in [7, 11) is 3.61. The fourth-order valence-electron chi connectivity index (χ4n) is 1.75. The van der Waals surface area contributed by atoms with Crippen molar-refractivity contribution in [1.29, 1.82) is 0 Å². The summed E-state index contributed by atoms with van der Waals surface area (Å²) in [6.45, 7) is 2.68. The van der Waals surface area contributed by atoms with Crippen molar-refractivity contribution in [2.24, 2.45) is 0 Å². The van der Waals surface area contributed by atoms with Gasteiger partial charge in [0.2, 0.25) is 0 Å². The van der Waals surface area contributed by atoms with Gasteiger partial charge >= 0.3 is 5.97 Å². The van der Waals surface area contributed by atoms with Crippen LogP contribution in [0.1, 0.15) is 18.9 Å². The van der Waals surface area contributed by atoms with Crippen molar-refractivity contribution in [3.63, 3.8) is 0 Å². The highest BCUT2D eigenvalue weighted by molar-refractivity contribution is 5.66. The Morgan fingerprint density at radius 1 is 1.39 bits per heavy atom. The van der Waals surface area contributed by atoms with E-state index in [1.807, 2.05) is 31.3 Å². The second-order valence-corrected chi connectivity index (χ2v) is 4.53. The number of hydrogen-bond donors (Lipinski definition) is 1. The monoisotopic (exact) mass is 251 g/mol. The molecule has 0 amide bonds. The molecule has 0 spiro atoms. The van der Waals surface area contributed by atoms with Crippen molar-refractivity contribution in [1.82, 2.24) is 4.90 Å². The van der Waals surface area contributed by atoms with Gasteiger partial charge in [0.05, 0.1) is 13.5 Å². The minimum atomic E-state index is -0.751. The van der Waals surface area contributed by atoms with E-state index in [0.717, 1.165) is 12.2 Å². The molecule has 1 rings (SSSR count). The summed E-state index contributed by atoms with van der Waals surface area (Å²) in [5.41, 5.74) is 1.23. The molecule has 1 N–H and O–H groups in total. The Kier molecular flexibility index (Phi) is 5.65. The Labute approximate surface area is 108 Å². The lowest BCUT2D eigenvalue weighted by Gasteiger charge is -2.24. The number of aliphatic carboxylic acids is 1. The smallest absolute Gasteiger partial charge is 0.304 e. The summed E-state index contributed by atoms with van der Waals surface area (Å²) in [5, 5.41) is 8.65. The van der Waals surface area contributed by atoms with E-state index in [1.54, 1.807) is 7.11 Å². The number of nitrogens with zero attached hydrogens (tertiary/aromatic N) is 1. The molecule has 1 aromatic carbocycles. The van der Waals surface area contributed by atoms with Gasteiger partial charge in [-0.05, 0) is 38.1 Å². The maximum absolute atomic E-state index is 10.5. The largest absolute Gasteiger partial charge is 0.497 e. The Morgan fingerprint density at radius 2 is 2.00 bits per heavy atom. The summed E-state index contributed by atoms with van der Waals surface area (Å²) in [6, 6.07) is 8.29. The van der Waals surface area contributed by atoms with Gasteiger partial charge in [-0.2, -0.15) is 0 Å². The standard InChI is InChI=1S/C14H21NO3/c1-11(15(2)9-8-14(16)17)10-12-4-6-13(18-3)7-5-12/h4-7,11H,8-10H2,1-3H3,(H,16,17). The zero-order chi connectivity index (χ0) is 13.5. The third kappa shape index (κ3) is 4.75. The molecule has 100 valence electrons. The molecular weight excluding hydrogens is 230 g/mol. The number of likely N-dealkylation sites (N-methyl/N-ethyl adjacent to an activating group) is 1. The molecule has 4 nitrogen and oxygen atoms in total. The number of methoxy groups -OCH3 is 1. The Balaban J connectivity index is 2.47. The molecule has 18 heavy (non-hydrogen) atoms. The highest BCUT2D eigenvalue weighted by Crippen LogP contribution is 2.14. The van der Waals surface area contributed by atoms with E-state index in [9.17, 15) is 4.79 Å². The molecule has 0 bridgehead atoms. The van der Waals surface area contributed by atoms with Gasteiger partial charge in [-0.1, -0.05) is 12.1 Å². The van der Waals surface area contributed by atoms with Gasteiger partial charge in [0.15, 0.2) is 0 Å². The molecule has 0 aromatic heterocycles. The molecule has 1 unspecified atom stereocenters. The van der Waals surface area contributed by atoms with E-state index in [0.29, 0.717) is 12.6 Å². The molecule has 0 aliphatic carbocycles. The van der Waals surface area contributed by atoms with Gasteiger partial charge in [-0.15, -0.1) is 0 Å². The lowest BCUT2D eigenvalue weighted by molar-refractivity contribution is -0.137. The first-order valence-corrected chi connectivity index (χ1v) is 6.08. The molecule has 0 aliphatic heterocycles. The van der Waals surface area contributed by atoms with Crippen LogP contribution < -0.4 is 4.74 Å². The van der Waals surface area contributed by atoms with Crippen LogP contribution >= 0.6 is 0 Å². The van der Waals surface area contributed by atoms with Gasteiger partial charge in [0.25, 0.3) is 0 Å². The fourth-order valence-corrected chi connectivity index (χ4v) is 1.75. The molecular formula is C14H21NO3. The van der Waals surface area contributed by atoms with E-state index in [1.165, 1.54) is 5.56 Å².